The summed E-state index contributed by atoms with van der Waals surface area (Å²) < 4.78 is 34.2. The largest absolute Gasteiger partial charge is 0.345 e. The molecule has 0 saturated carbocycles. The van der Waals surface area contributed by atoms with Crippen LogP contribution in [0.3, 0.4) is 0 Å². The lowest BCUT2D eigenvalue weighted by Gasteiger charge is -2.26. The normalized spacial score (nSPS) is 16.6. The molecule has 7 nitrogen and oxygen atoms in total. The van der Waals surface area contributed by atoms with Crippen LogP contribution >= 0.6 is 0 Å². The molecule has 2 aromatic heterocycles. The summed E-state index contributed by atoms with van der Waals surface area (Å²) in [6.45, 7) is 4.32. The molecular formula is C24H26N4O3S. The van der Waals surface area contributed by atoms with E-state index in [4.69, 9.17) is 4.52 Å². The maximum absolute atomic E-state index is 11.8. The zero-order valence-electron chi connectivity index (χ0n) is 18.4. The van der Waals surface area contributed by atoms with Crippen LogP contribution in [-0.2, 0) is 16.4 Å². The Morgan fingerprint density at radius 1 is 1.19 bits per heavy atom. The second-order valence-corrected chi connectivity index (χ2v) is 10.5. The number of benzene rings is 2. The summed E-state index contributed by atoms with van der Waals surface area (Å²) in [4.78, 5) is 4.68. The summed E-state index contributed by atoms with van der Waals surface area (Å²) in [5, 5.41) is 5.38. The van der Waals surface area contributed by atoms with Crippen LogP contribution < -0.4 is 4.72 Å². The molecule has 5 rings (SSSR count). The molecule has 0 spiro atoms. The van der Waals surface area contributed by atoms with Crippen LogP contribution in [0.4, 0.5) is 0 Å². The molecule has 0 fully saturated rings. The Balaban J connectivity index is 1.50. The quantitative estimate of drug-likeness (QED) is 0.469. The molecule has 0 bridgehead atoms. The van der Waals surface area contributed by atoms with E-state index in [2.05, 4.69) is 57.7 Å². The Morgan fingerprint density at radius 3 is 2.81 bits per heavy atom. The molecule has 1 aliphatic carbocycles. The van der Waals surface area contributed by atoms with Gasteiger partial charge in [-0.3, -0.25) is 0 Å². The highest BCUT2D eigenvalue weighted by Crippen LogP contribution is 2.36. The van der Waals surface area contributed by atoms with Crippen molar-refractivity contribution in [3.05, 3.63) is 59.8 Å². The summed E-state index contributed by atoms with van der Waals surface area (Å²) in [6, 6.07) is 14.3. The smallest absolute Gasteiger partial charge is 0.258 e. The molecule has 8 heteroatoms. The number of aromatic nitrogens is 3. The molecule has 1 aliphatic rings. The summed E-state index contributed by atoms with van der Waals surface area (Å²) in [5.74, 6) is 0.995. The van der Waals surface area contributed by atoms with Gasteiger partial charge in [-0.2, -0.15) is 4.98 Å². The highest BCUT2D eigenvalue weighted by atomic mass is 32.2. The van der Waals surface area contributed by atoms with E-state index in [-0.39, 0.29) is 6.04 Å². The minimum absolute atomic E-state index is 0.229. The van der Waals surface area contributed by atoms with Crippen LogP contribution in [0.25, 0.3) is 33.7 Å². The van der Waals surface area contributed by atoms with E-state index >= 15 is 0 Å². The molecule has 0 amide bonds. The van der Waals surface area contributed by atoms with Crippen LogP contribution in [-0.4, -0.2) is 29.4 Å². The molecule has 0 aliphatic heterocycles. The second kappa shape index (κ2) is 7.86. The number of rotatable bonds is 5. The van der Waals surface area contributed by atoms with Gasteiger partial charge in [0, 0.05) is 40.3 Å². The van der Waals surface area contributed by atoms with Gasteiger partial charge in [0.15, 0.2) is 0 Å². The van der Waals surface area contributed by atoms with E-state index in [0.29, 0.717) is 17.8 Å². The fourth-order valence-electron chi connectivity index (χ4n) is 4.64. The SMILES string of the molecule is CC(C)n1ccc2cc(-c3nc(-c4cccc5c4CCCC5NS(C)(=O)=O)no3)ccc21. The molecule has 1 unspecified atom stereocenters. The Bertz CT molecular complexity index is 1400. The topological polar surface area (TPSA) is 90.0 Å². The van der Waals surface area contributed by atoms with Crippen molar-refractivity contribution in [3.8, 4) is 22.8 Å². The van der Waals surface area contributed by atoms with Crippen LogP contribution in [0.15, 0.2) is 53.2 Å². The zero-order valence-corrected chi connectivity index (χ0v) is 19.2. The summed E-state index contributed by atoms with van der Waals surface area (Å²) in [6.07, 6.45) is 5.81. The number of fused-ring (bicyclic) bond motifs is 2. The predicted octanol–water partition coefficient (Wildman–Crippen LogP) is 4.87. The lowest BCUT2D eigenvalue weighted by Crippen LogP contribution is -2.30. The second-order valence-electron chi connectivity index (χ2n) is 8.72. The molecule has 0 saturated heterocycles. The van der Waals surface area contributed by atoms with Crippen molar-refractivity contribution in [3.63, 3.8) is 0 Å². The molecule has 32 heavy (non-hydrogen) atoms. The van der Waals surface area contributed by atoms with Gasteiger partial charge in [0.25, 0.3) is 5.89 Å². The van der Waals surface area contributed by atoms with Crippen molar-refractivity contribution in [2.24, 2.45) is 0 Å². The van der Waals surface area contributed by atoms with Crippen molar-refractivity contribution >= 4 is 20.9 Å². The van der Waals surface area contributed by atoms with E-state index in [0.717, 1.165) is 46.9 Å². The van der Waals surface area contributed by atoms with Crippen LogP contribution in [0.5, 0.6) is 0 Å². The van der Waals surface area contributed by atoms with Crippen LogP contribution in [0, 0.1) is 0 Å². The van der Waals surface area contributed by atoms with E-state index in [1.807, 2.05) is 24.3 Å². The van der Waals surface area contributed by atoms with Crippen LogP contribution in [0.1, 0.15) is 49.9 Å². The van der Waals surface area contributed by atoms with Crippen molar-refractivity contribution in [1.82, 2.24) is 19.4 Å². The molecule has 1 N–H and O–H groups in total. The average molecular weight is 451 g/mol. The van der Waals surface area contributed by atoms with Crippen LogP contribution in [0.2, 0.25) is 0 Å². The van der Waals surface area contributed by atoms with Gasteiger partial charge in [0.05, 0.1) is 6.26 Å². The summed E-state index contributed by atoms with van der Waals surface area (Å²) >= 11 is 0. The molecule has 1 atom stereocenters. The Labute approximate surface area is 187 Å². The van der Waals surface area contributed by atoms with Gasteiger partial charge in [-0.1, -0.05) is 23.4 Å². The Morgan fingerprint density at radius 2 is 2.03 bits per heavy atom. The average Bonchev–Trinajstić information content (AvgIpc) is 3.39. The third-order valence-electron chi connectivity index (χ3n) is 6.05. The fraction of sp³-hybridized carbons (Fsp3) is 0.333. The van der Waals surface area contributed by atoms with Gasteiger partial charge in [0.1, 0.15) is 0 Å². The maximum Gasteiger partial charge on any atom is 0.258 e. The van der Waals surface area contributed by atoms with E-state index in [1.165, 1.54) is 11.8 Å². The Hall–Kier alpha value is -2.97. The minimum Gasteiger partial charge on any atom is -0.345 e. The number of nitrogens with zero attached hydrogens (tertiary/aromatic N) is 3. The van der Waals surface area contributed by atoms with Gasteiger partial charge in [-0.05, 0) is 68.5 Å². The van der Waals surface area contributed by atoms with Crippen molar-refractivity contribution < 1.29 is 12.9 Å². The van der Waals surface area contributed by atoms with E-state index in [1.54, 1.807) is 0 Å². The van der Waals surface area contributed by atoms with Gasteiger partial charge in [0.2, 0.25) is 15.8 Å². The monoisotopic (exact) mass is 450 g/mol. The summed E-state index contributed by atoms with van der Waals surface area (Å²) in [5.41, 5.74) is 5.01. The number of hydrogen-bond acceptors (Lipinski definition) is 5. The lowest BCUT2D eigenvalue weighted by molar-refractivity contribution is 0.432. The highest BCUT2D eigenvalue weighted by Gasteiger charge is 2.26. The first-order chi connectivity index (χ1) is 15.3. The number of hydrogen-bond donors (Lipinski definition) is 1. The van der Waals surface area contributed by atoms with E-state index in [9.17, 15) is 8.42 Å². The predicted molar refractivity (Wildman–Crippen MR) is 125 cm³/mol. The fourth-order valence-corrected chi connectivity index (χ4v) is 5.40. The molecule has 2 heterocycles. The Kier molecular flexibility index (Phi) is 5.14. The highest BCUT2D eigenvalue weighted by molar-refractivity contribution is 7.88. The first kappa shape index (κ1) is 20.9. The first-order valence-electron chi connectivity index (χ1n) is 10.8. The van der Waals surface area contributed by atoms with Crippen molar-refractivity contribution in [2.45, 2.75) is 45.2 Å². The van der Waals surface area contributed by atoms with Crippen molar-refractivity contribution in [1.29, 1.82) is 0 Å². The lowest BCUT2D eigenvalue weighted by atomic mass is 9.85. The summed E-state index contributed by atoms with van der Waals surface area (Å²) in [7, 11) is -3.30. The third kappa shape index (κ3) is 3.84. The number of nitrogens with one attached hydrogen (secondary N) is 1. The molecule has 0 radical (unpaired) electrons. The zero-order chi connectivity index (χ0) is 22.5. The molecular weight excluding hydrogens is 424 g/mol. The molecule has 2 aromatic carbocycles. The molecule has 166 valence electrons. The standard InChI is InChI=1S/C24H26N4O3S/c1-15(2)28-13-12-16-14-17(10-11-22(16)28)24-25-23(26-31-24)20-8-4-7-19-18(20)6-5-9-21(19)27-32(3,29)30/h4,7-8,10-15,21,27H,5-6,9H2,1-3H3. The first-order valence-corrected chi connectivity index (χ1v) is 12.7. The van der Waals surface area contributed by atoms with E-state index < -0.39 is 10.0 Å². The minimum atomic E-state index is -3.30. The van der Waals surface area contributed by atoms with Gasteiger partial charge in [-0.15, -0.1) is 0 Å². The molecule has 4 aromatic rings. The van der Waals surface area contributed by atoms with Gasteiger partial charge < -0.3 is 9.09 Å². The number of sulfonamides is 1. The third-order valence-corrected chi connectivity index (χ3v) is 6.77. The maximum atomic E-state index is 11.8. The van der Waals surface area contributed by atoms with Crippen molar-refractivity contribution in [2.75, 3.05) is 6.26 Å². The van der Waals surface area contributed by atoms with Gasteiger partial charge in [-0.25, -0.2) is 13.1 Å². The van der Waals surface area contributed by atoms with Gasteiger partial charge >= 0.3 is 0 Å².